The monoisotopic (exact) mass is 465 g/mol. The van der Waals surface area contributed by atoms with Gasteiger partial charge in [-0.05, 0) is 49.4 Å². The lowest BCUT2D eigenvalue weighted by Gasteiger charge is -2.31. The van der Waals surface area contributed by atoms with E-state index >= 15 is 0 Å². The molecule has 0 radical (unpaired) electrons. The van der Waals surface area contributed by atoms with Crippen LogP contribution in [0.25, 0.3) is 11.5 Å². The lowest BCUT2D eigenvalue weighted by atomic mass is 10.1. The molecule has 0 atom stereocenters. The number of hydrogen-bond donors (Lipinski definition) is 0. The van der Waals surface area contributed by atoms with Crippen molar-refractivity contribution in [1.82, 2.24) is 10.2 Å². The fourth-order valence-corrected chi connectivity index (χ4v) is 5.16. The van der Waals surface area contributed by atoms with Crippen molar-refractivity contribution in [2.75, 3.05) is 10.7 Å². The summed E-state index contributed by atoms with van der Waals surface area (Å²) in [4.78, 5) is 17.0. The Morgan fingerprint density at radius 3 is 2.74 bits per heavy atom. The van der Waals surface area contributed by atoms with Gasteiger partial charge in [0.2, 0.25) is 11.8 Å². The summed E-state index contributed by atoms with van der Waals surface area (Å²) in [6.45, 7) is 2.01. The first-order valence-electron chi connectivity index (χ1n) is 9.51. The molecule has 1 aliphatic heterocycles. The van der Waals surface area contributed by atoms with Crippen LogP contribution in [-0.2, 0) is 4.79 Å². The maximum atomic E-state index is 13.3. The molecule has 0 saturated carbocycles. The van der Waals surface area contributed by atoms with Crippen LogP contribution in [0.1, 0.15) is 5.56 Å². The molecule has 1 amide bonds. The lowest BCUT2D eigenvalue weighted by Crippen LogP contribution is -2.30. The number of anilines is 2. The summed E-state index contributed by atoms with van der Waals surface area (Å²) in [5.74, 6) is 0.507. The molecule has 8 heteroatoms. The molecular weight excluding hydrogens is 450 g/mol. The highest BCUT2D eigenvalue weighted by Crippen LogP contribution is 2.49. The van der Waals surface area contributed by atoms with E-state index in [1.54, 1.807) is 16.7 Å². The van der Waals surface area contributed by atoms with E-state index in [2.05, 4.69) is 10.2 Å². The number of benzene rings is 3. The fraction of sp³-hybridized carbons (Fsp3) is 0.0870. The molecule has 3 aromatic carbocycles. The largest absolute Gasteiger partial charge is 0.411 e. The summed E-state index contributed by atoms with van der Waals surface area (Å²) in [5.41, 5.74) is 3.60. The van der Waals surface area contributed by atoms with Crippen molar-refractivity contribution < 1.29 is 9.21 Å². The number of aryl methyl sites for hydroxylation is 1. The number of halogens is 1. The molecule has 1 aliphatic rings. The van der Waals surface area contributed by atoms with Crippen LogP contribution < -0.4 is 4.90 Å². The molecule has 0 saturated heterocycles. The van der Waals surface area contributed by atoms with E-state index in [0.717, 1.165) is 32.3 Å². The number of hydrogen-bond acceptors (Lipinski definition) is 6. The average Bonchev–Trinajstić information content (AvgIpc) is 3.25. The predicted molar refractivity (Wildman–Crippen MR) is 124 cm³/mol. The Morgan fingerprint density at radius 2 is 1.87 bits per heavy atom. The smallest absolute Gasteiger partial charge is 0.277 e. The Bertz CT molecular complexity index is 1290. The molecule has 5 nitrogen and oxygen atoms in total. The summed E-state index contributed by atoms with van der Waals surface area (Å²) in [7, 11) is 0. The Morgan fingerprint density at radius 1 is 1.03 bits per heavy atom. The highest BCUT2D eigenvalue weighted by atomic mass is 35.5. The summed E-state index contributed by atoms with van der Waals surface area (Å²) < 4.78 is 5.77. The van der Waals surface area contributed by atoms with E-state index in [1.165, 1.54) is 11.8 Å². The molecule has 0 spiro atoms. The van der Waals surface area contributed by atoms with E-state index < -0.39 is 0 Å². The number of carbonyl (C=O) groups excluding carboxylic acids is 1. The molecule has 0 unspecified atom stereocenters. The number of rotatable bonds is 4. The number of para-hydroxylation sites is 1. The highest BCUT2D eigenvalue weighted by molar-refractivity contribution is 8.00. The minimum atomic E-state index is -0.0865. The Hall–Kier alpha value is -2.74. The first-order chi connectivity index (χ1) is 15.1. The highest BCUT2D eigenvalue weighted by Gasteiger charge is 2.28. The fourth-order valence-electron chi connectivity index (χ4n) is 3.35. The minimum Gasteiger partial charge on any atom is -0.411 e. The summed E-state index contributed by atoms with van der Waals surface area (Å²) in [5, 5.41) is 9.15. The zero-order valence-electron chi connectivity index (χ0n) is 16.4. The van der Waals surface area contributed by atoms with E-state index in [1.807, 2.05) is 73.7 Å². The van der Waals surface area contributed by atoms with Crippen molar-refractivity contribution in [1.29, 1.82) is 0 Å². The number of nitrogens with zero attached hydrogens (tertiary/aromatic N) is 3. The van der Waals surface area contributed by atoms with Crippen LogP contribution in [0.3, 0.4) is 0 Å². The molecule has 5 rings (SSSR count). The van der Waals surface area contributed by atoms with Gasteiger partial charge in [-0.1, -0.05) is 65.0 Å². The number of carbonyl (C=O) groups is 1. The zero-order valence-corrected chi connectivity index (χ0v) is 18.8. The van der Waals surface area contributed by atoms with Gasteiger partial charge in [-0.3, -0.25) is 9.69 Å². The van der Waals surface area contributed by atoms with Gasteiger partial charge in [-0.25, -0.2) is 0 Å². The number of thioether (sulfide) groups is 1. The van der Waals surface area contributed by atoms with Gasteiger partial charge >= 0.3 is 0 Å². The van der Waals surface area contributed by atoms with Crippen LogP contribution in [0.2, 0.25) is 5.02 Å². The molecule has 31 heavy (non-hydrogen) atoms. The van der Waals surface area contributed by atoms with E-state index in [9.17, 15) is 4.79 Å². The Kier molecular flexibility index (Phi) is 5.48. The van der Waals surface area contributed by atoms with Crippen molar-refractivity contribution in [3.05, 3.63) is 77.3 Å². The second-order valence-corrected chi connectivity index (χ2v) is 9.39. The van der Waals surface area contributed by atoms with Crippen LogP contribution >= 0.6 is 35.1 Å². The van der Waals surface area contributed by atoms with Crippen molar-refractivity contribution in [2.45, 2.75) is 21.9 Å². The molecule has 154 valence electrons. The van der Waals surface area contributed by atoms with Gasteiger partial charge in [0.1, 0.15) is 0 Å². The first-order valence-corrected chi connectivity index (χ1v) is 11.7. The van der Waals surface area contributed by atoms with Crippen molar-refractivity contribution in [3.63, 3.8) is 0 Å². The van der Waals surface area contributed by atoms with Crippen LogP contribution in [0, 0.1) is 6.92 Å². The standard InChI is InChI=1S/C23H16ClN3O2S2/c1-14-5-4-6-15(11-14)22-25-26-23(29-22)30-13-21(28)27-17-7-2-3-8-19(17)31-20-10-9-16(24)12-18(20)27/h2-12H,13H2,1H3. The van der Waals surface area contributed by atoms with Gasteiger partial charge in [0, 0.05) is 20.4 Å². The van der Waals surface area contributed by atoms with Crippen LogP contribution in [-0.4, -0.2) is 21.9 Å². The van der Waals surface area contributed by atoms with Gasteiger partial charge < -0.3 is 4.42 Å². The van der Waals surface area contributed by atoms with Crippen molar-refractivity contribution >= 4 is 52.4 Å². The molecule has 0 N–H and O–H groups in total. The van der Waals surface area contributed by atoms with Crippen molar-refractivity contribution in [2.24, 2.45) is 0 Å². The lowest BCUT2D eigenvalue weighted by molar-refractivity contribution is -0.115. The van der Waals surface area contributed by atoms with Gasteiger partial charge in [0.15, 0.2) is 0 Å². The second-order valence-electron chi connectivity index (χ2n) is 6.94. The average molecular weight is 466 g/mol. The van der Waals surface area contributed by atoms with Crippen LogP contribution in [0.4, 0.5) is 11.4 Å². The maximum Gasteiger partial charge on any atom is 0.277 e. The van der Waals surface area contributed by atoms with E-state index in [-0.39, 0.29) is 11.7 Å². The first kappa shape index (κ1) is 20.2. The minimum absolute atomic E-state index is 0.0865. The molecular formula is C23H16ClN3O2S2. The quantitative estimate of drug-likeness (QED) is 0.315. The van der Waals surface area contributed by atoms with Gasteiger partial charge in [0.25, 0.3) is 5.22 Å². The van der Waals surface area contributed by atoms with E-state index in [4.69, 9.17) is 16.0 Å². The summed E-state index contributed by atoms with van der Waals surface area (Å²) in [6, 6.07) is 21.3. The SMILES string of the molecule is Cc1cccc(-c2nnc(SCC(=O)N3c4ccccc4Sc4ccc(Cl)cc43)o2)c1. The Labute approximate surface area is 192 Å². The topological polar surface area (TPSA) is 59.2 Å². The summed E-state index contributed by atoms with van der Waals surface area (Å²) >= 11 is 9.09. The molecule has 0 bridgehead atoms. The second kappa shape index (κ2) is 8.42. The number of amides is 1. The third-order valence-corrected chi connectivity index (χ3v) is 6.90. The van der Waals surface area contributed by atoms with Crippen LogP contribution in [0.5, 0.6) is 0 Å². The Balaban J connectivity index is 1.39. The predicted octanol–water partition coefficient (Wildman–Crippen LogP) is 6.62. The third kappa shape index (κ3) is 4.08. The number of fused-ring (bicyclic) bond motifs is 2. The zero-order chi connectivity index (χ0) is 21.4. The van der Waals surface area contributed by atoms with Crippen LogP contribution in [0.15, 0.2) is 86.2 Å². The molecule has 0 fully saturated rings. The molecule has 4 aromatic rings. The normalized spacial score (nSPS) is 12.4. The number of aromatic nitrogens is 2. The van der Waals surface area contributed by atoms with Crippen molar-refractivity contribution in [3.8, 4) is 11.5 Å². The van der Waals surface area contributed by atoms with Gasteiger partial charge in [0.05, 0.1) is 17.1 Å². The summed E-state index contributed by atoms with van der Waals surface area (Å²) in [6.07, 6.45) is 0. The van der Waals surface area contributed by atoms with Gasteiger partial charge in [-0.2, -0.15) is 0 Å². The molecule has 1 aromatic heterocycles. The van der Waals surface area contributed by atoms with E-state index in [0.29, 0.717) is 16.1 Å². The third-order valence-electron chi connectivity index (χ3n) is 4.73. The maximum absolute atomic E-state index is 13.3. The molecule has 2 heterocycles. The van der Waals surface area contributed by atoms with Gasteiger partial charge in [-0.15, -0.1) is 10.2 Å². The molecule has 0 aliphatic carbocycles.